The fraction of sp³-hybridized carbons (Fsp3) is 1.00. The quantitative estimate of drug-likeness (QED) is 0.740. The SMILES string of the molecule is O=S(=O)(C1CCOCC1)N1CCCCCC1CBr. The summed E-state index contributed by atoms with van der Waals surface area (Å²) in [5.41, 5.74) is 0. The average molecular weight is 340 g/mol. The van der Waals surface area contributed by atoms with Crippen LogP contribution in [0.4, 0.5) is 0 Å². The van der Waals surface area contributed by atoms with Crippen molar-refractivity contribution >= 4 is 26.0 Å². The van der Waals surface area contributed by atoms with Crippen molar-refractivity contribution < 1.29 is 13.2 Å². The zero-order chi connectivity index (χ0) is 13.0. The second-order valence-corrected chi connectivity index (χ2v) is 7.94. The molecule has 1 atom stereocenters. The monoisotopic (exact) mass is 339 g/mol. The lowest BCUT2D eigenvalue weighted by Gasteiger charge is -2.33. The number of rotatable bonds is 3. The van der Waals surface area contributed by atoms with Crippen LogP contribution < -0.4 is 0 Å². The van der Waals surface area contributed by atoms with Crippen molar-refractivity contribution in [3.63, 3.8) is 0 Å². The molecule has 2 heterocycles. The highest BCUT2D eigenvalue weighted by Crippen LogP contribution is 2.27. The number of ether oxygens (including phenoxy) is 1. The summed E-state index contributed by atoms with van der Waals surface area (Å²) < 4.78 is 32.5. The number of halogens is 1. The molecule has 0 aromatic heterocycles. The Bertz CT molecular complexity index is 354. The van der Waals surface area contributed by atoms with Crippen LogP contribution in [0.25, 0.3) is 0 Å². The van der Waals surface area contributed by atoms with Gasteiger partial charge in [0.05, 0.1) is 5.25 Å². The molecule has 0 N–H and O–H groups in total. The Balaban J connectivity index is 2.14. The summed E-state index contributed by atoms with van der Waals surface area (Å²) in [6.07, 6.45) is 5.54. The molecular weight excluding hydrogens is 318 g/mol. The largest absolute Gasteiger partial charge is 0.381 e. The highest BCUT2D eigenvalue weighted by Gasteiger charge is 2.37. The Kier molecular flexibility index (Phi) is 5.47. The number of sulfonamides is 1. The molecule has 0 aliphatic carbocycles. The molecule has 2 rings (SSSR count). The first kappa shape index (κ1) is 14.8. The van der Waals surface area contributed by atoms with Crippen molar-refractivity contribution in [2.75, 3.05) is 25.1 Å². The summed E-state index contributed by atoms with van der Waals surface area (Å²) in [5.74, 6) is 0. The first-order chi connectivity index (χ1) is 8.66. The van der Waals surface area contributed by atoms with E-state index in [9.17, 15) is 8.42 Å². The van der Waals surface area contributed by atoms with Crippen LogP contribution in [0.15, 0.2) is 0 Å². The van der Waals surface area contributed by atoms with Crippen molar-refractivity contribution in [1.82, 2.24) is 4.31 Å². The second kappa shape index (κ2) is 6.68. The molecule has 6 heteroatoms. The molecule has 2 saturated heterocycles. The molecule has 0 aromatic rings. The van der Waals surface area contributed by atoms with Gasteiger partial charge in [-0.05, 0) is 25.7 Å². The van der Waals surface area contributed by atoms with Gasteiger partial charge < -0.3 is 4.74 Å². The predicted octanol–water partition coefficient (Wildman–Crippen LogP) is 2.13. The first-order valence-corrected chi connectivity index (χ1v) is 9.43. The Morgan fingerprint density at radius 1 is 1.11 bits per heavy atom. The highest BCUT2D eigenvalue weighted by molar-refractivity contribution is 9.09. The summed E-state index contributed by atoms with van der Waals surface area (Å²) >= 11 is 3.47. The lowest BCUT2D eigenvalue weighted by atomic mass is 10.1. The smallest absolute Gasteiger partial charge is 0.217 e. The molecule has 0 radical (unpaired) electrons. The molecule has 0 saturated carbocycles. The van der Waals surface area contributed by atoms with E-state index < -0.39 is 10.0 Å². The van der Waals surface area contributed by atoms with Crippen LogP contribution in [-0.2, 0) is 14.8 Å². The molecule has 2 aliphatic rings. The predicted molar refractivity (Wildman–Crippen MR) is 75.5 cm³/mol. The van der Waals surface area contributed by atoms with Crippen LogP contribution in [0, 0.1) is 0 Å². The van der Waals surface area contributed by atoms with Crippen LogP contribution in [-0.4, -0.2) is 49.1 Å². The van der Waals surface area contributed by atoms with E-state index in [1.165, 1.54) is 0 Å². The van der Waals surface area contributed by atoms with Gasteiger partial charge in [0.25, 0.3) is 0 Å². The van der Waals surface area contributed by atoms with E-state index in [-0.39, 0.29) is 11.3 Å². The van der Waals surface area contributed by atoms with Crippen LogP contribution in [0.2, 0.25) is 0 Å². The molecule has 4 nitrogen and oxygen atoms in total. The Morgan fingerprint density at radius 3 is 2.50 bits per heavy atom. The van der Waals surface area contributed by atoms with E-state index in [2.05, 4.69) is 15.9 Å². The molecule has 0 aromatic carbocycles. The minimum absolute atomic E-state index is 0.139. The van der Waals surface area contributed by atoms with Crippen molar-refractivity contribution in [1.29, 1.82) is 0 Å². The number of alkyl halides is 1. The average Bonchev–Trinajstić information content (AvgIpc) is 2.65. The Morgan fingerprint density at radius 2 is 1.83 bits per heavy atom. The summed E-state index contributed by atoms with van der Waals surface area (Å²) in [6, 6.07) is 0.139. The van der Waals surface area contributed by atoms with Crippen molar-refractivity contribution in [2.45, 2.75) is 49.8 Å². The normalized spacial score (nSPS) is 29.1. The van der Waals surface area contributed by atoms with E-state index >= 15 is 0 Å². The van der Waals surface area contributed by atoms with Crippen molar-refractivity contribution in [3.05, 3.63) is 0 Å². The van der Waals surface area contributed by atoms with Gasteiger partial charge >= 0.3 is 0 Å². The van der Waals surface area contributed by atoms with Crippen LogP contribution >= 0.6 is 15.9 Å². The third-order valence-corrected chi connectivity index (χ3v) is 7.11. The van der Waals surface area contributed by atoms with Gasteiger partial charge in [0.2, 0.25) is 10.0 Å². The number of hydrogen-bond acceptors (Lipinski definition) is 3. The number of nitrogens with zero attached hydrogens (tertiary/aromatic N) is 1. The van der Waals surface area contributed by atoms with Gasteiger partial charge in [0.1, 0.15) is 0 Å². The third-order valence-electron chi connectivity index (χ3n) is 3.92. The molecule has 2 fully saturated rings. The Labute approximate surface area is 118 Å². The summed E-state index contributed by atoms with van der Waals surface area (Å²) in [4.78, 5) is 0. The first-order valence-electron chi connectivity index (χ1n) is 6.80. The van der Waals surface area contributed by atoms with Gasteiger partial charge in [-0.15, -0.1) is 0 Å². The van der Waals surface area contributed by atoms with Gasteiger partial charge in [0.15, 0.2) is 0 Å². The molecule has 106 valence electrons. The zero-order valence-electron chi connectivity index (χ0n) is 10.7. The molecule has 0 spiro atoms. The molecule has 0 amide bonds. The van der Waals surface area contributed by atoms with Crippen molar-refractivity contribution in [2.24, 2.45) is 0 Å². The molecule has 18 heavy (non-hydrogen) atoms. The topological polar surface area (TPSA) is 46.6 Å². The van der Waals surface area contributed by atoms with Gasteiger partial charge in [-0.2, -0.15) is 4.31 Å². The van der Waals surface area contributed by atoms with Crippen LogP contribution in [0.3, 0.4) is 0 Å². The molecule has 1 unspecified atom stereocenters. The van der Waals surface area contributed by atoms with Gasteiger partial charge in [-0.25, -0.2) is 8.42 Å². The van der Waals surface area contributed by atoms with Crippen LogP contribution in [0.5, 0.6) is 0 Å². The second-order valence-electron chi connectivity index (χ2n) is 5.12. The summed E-state index contributed by atoms with van der Waals surface area (Å²) in [5, 5.41) is 0.515. The van der Waals surface area contributed by atoms with Crippen molar-refractivity contribution in [3.8, 4) is 0 Å². The molecule has 0 bridgehead atoms. The lowest BCUT2D eigenvalue weighted by Crippen LogP contribution is -2.47. The van der Waals surface area contributed by atoms with E-state index in [4.69, 9.17) is 4.74 Å². The van der Waals surface area contributed by atoms with Gasteiger partial charge in [-0.1, -0.05) is 28.8 Å². The minimum Gasteiger partial charge on any atom is -0.381 e. The fourth-order valence-corrected chi connectivity index (χ4v) is 5.82. The third kappa shape index (κ3) is 3.26. The van der Waals surface area contributed by atoms with E-state index in [1.54, 1.807) is 4.31 Å². The highest BCUT2D eigenvalue weighted by atomic mass is 79.9. The maximum absolute atomic E-state index is 12.7. The zero-order valence-corrected chi connectivity index (χ0v) is 13.1. The van der Waals surface area contributed by atoms with Crippen LogP contribution in [0.1, 0.15) is 38.5 Å². The summed E-state index contributed by atoms with van der Waals surface area (Å²) in [6.45, 7) is 1.85. The summed E-state index contributed by atoms with van der Waals surface area (Å²) in [7, 11) is -3.15. The van der Waals surface area contributed by atoms with E-state index in [1.807, 2.05) is 0 Å². The minimum atomic E-state index is -3.15. The fourth-order valence-electron chi connectivity index (χ4n) is 2.81. The van der Waals surface area contributed by atoms with E-state index in [0.29, 0.717) is 32.6 Å². The standard InChI is InChI=1S/C12H22BrNO3S/c13-10-11-4-2-1-3-7-14(11)18(15,16)12-5-8-17-9-6-12/h11-12H,1-10H2. The molecular formula is C12H22BrNO3S. The van der Waals surface area contributed by atoms with E-state index in [0.717, 1.165) is 31.0 Å². The maximum Gasteiger partial charge on any atom is 0.217 e. The lowest BCUT2D eigenvalue weighted by molar-refractivity contribution is 0.0969. The molecule has 2 aliphatic heterocycles. The maximum atomic E-state index is 12.7. The van der Waals surface area contributed by atoms with Gasteiger partial charge in [0, 0.05) is 31.1 Å². The Hall–Kier alpha value is 0.350. The number of hydrogen-bond donors (Lipinski definition) is 0. The van der Waals surface area contributed by atoms with Gasteiger partial charge in [-0.3, -0.25) is 0 Å².